The largest absolute Gasteiger partial charge is 0.463 e. The Balaban J connectivity index is 1.73. The van der Waals surface area contributed by atoms with E-state index in [9.17, 15) is 0 Å². The highest BCUT2D eigenvalue weighted by atomic mass is 32.1. The van der Waals surface area contributed by atoms with Gasteiger partial charge in [-0.1, -0.05) is 36.4 Å². The normalized spacial score (nSPS) is 12.1. The summed E-state index contributed by atoms with van der Waals surface area (Å²) in [4.78, 5) is 9.65. The summed E-state index contributed by atoms with van der Waals surface area (Å²) >= 11 is 1.54. The number of aromatic nitrogens is 2. The smallest absolute Gasteiger partial charge is 0.206 e. The van der Waals surface area contributed by atoms with Gasteiger partial charge >= 0.3 is 0 Å². The fourth-order valence-corrected chi connectivity index (χ4v) is 3.25. The molecule has 3 heterocycles. The summed E-state index contributed by atoms with van der Waals surface area (Å²) in [5, 5.41) is 6.62. The highest BCUT2D eigenvalue weighted by Crippen LogP contribution is 2.20. The molecule has 0 unspecified atom stereocenters. The van der Waals surface area contributed by atoms with E-state index in [1.54, 1.807) is 29.5 Å². The molecule has 5 nitrogen and oxygen atoms in total. The Bertz CT molecular complexity index is 1050. The van der Waals surface area contributed by atoms with Crippen molar-refractivity contribution in [3.8, 4) is 11.5 Å². The van der Waals surface area contributed by atoms with Gasteiger partial charge in [-0.3, -0.25) is 9.98 Å². The maximum atomic E-state index is 5.55. The molecule has 4 rings (SSSR count). The first-order valence-electron chi connectivity index (χ1n) is 8.13. The number of hydrogen-bond acceptors (Lipinski definition) is 5. The van der Waals surface area contributed by atoms with Gasteiger partial charge < -0.3 is 4.42 Å². The van der Waals surface area contributed by atoms with Crippen LogP contribution in [0.1, 0.15) is 11.1 Å². The quantitative estimate of drug-likeness (QED) is 0.501. The first-order valence-corrected chi connectivity index (χ1v) is 9.01. The van der Waals surface area contributed by atoms with Crippen molar-refractivity contribution in [3.63, 3.8) is 0 Å². The molecule has 0 saturated carbocycles. The fourth-order valence-electron chi connectivity index (χ4n) is 2.43. The summed E-state index contributed by atoms with van der Waals surface area (Å²) in [5.74, 6) is 0.755. The SMILES string of the molecule is C(=Nn1c(-c2ccco2)csc1=NCc1ccccc1)c1cccnc1. The molecule has 0 fully saturated rings. The zero-order chi connectivity index (χ0) is 17.6. The third kappa shape index (κ3) is 3.70. The highest BCUT2D eigenvalue weighted by Gasteiger charge is 2.09. The molecule has 0 aliphatic heterocycles. The van der Waals surface area contributed by atoms with Gasteiger partial charge in [0.1, 0.15) is 5.69 Å². The number of pyridine rings is 1. The Morgan fingerprint density at radius 2 is 2.00 bits per heavy atom. The van der Waals surface area contributed by atoms with Crippen LogP contribution in [0.2, 0.25) is 0 Å². The minimum Gasteiger partial charge on any atom is -0.463 e. The van der Waals surface area contributed by atoms with Crippen molar-refractivity contribution in [3.05, 3.63) is 94.6 Å². The molecule has 0 bridgehead atoms. The van der Waals surface area contributed by atoms with Gasteiger partial charge in [0.05, 0.1) is 19.0 Å². The zero-order valence-corrected chi connectivity index (χ0v) is 14.7. The van der Waals surface area contributed by atoms with Gasteiger partial charge in [-0.2, -0.15) is 5.10 Å². The van der Waals surface area contributed by atoms with Gasteiger partial charge in [0.2, 0.25) is 4.80 Å². The van der Waals surface area contributed by atoms with E-state index in [1.807, 2.05) is 47.8 Å². The van der Waals surface area contributed by atoms with Crippen LogP contribution in [0.15, 0.2) is 93.1 Å². The number of hydrogen-bond donors (Lipinski definition) is 0. The van der Waals surface area contributed by atoms with E-state index in [-0.39, 0.29) is 0 Å². The molecule has 0 saturated heterocycles. The third-order valence-corrected chi connectivity index (χ3v) is 4.56. The molecule has 0 radical (unpaired) electrons. The van der Waals surface area contributed by atoms with Gasteiger partial charge in [-0.05, 0) is 23.8 Å². The number of rotatable bonds is 5. The van der Waals surface area contributed by atoms with Gasteiger partial charge in [0, 0.05) is 23.3 Å². The van der Waals surface area contributed by atoms with E-state index < -0.39 is 0 Å². The van der Waals surface area contributed by atoms with Crippen molar-refractivity contribution in [1.82, 2.24) is 9.66 Å². The summed E-state index contributed by atoms with van der Waals surface area (Å²) in [6.07, 6.45) is 6.93. The molecule has 0 aliphatic carbocycles. The standard InChI is InChI=1S/C20H16N4OS/c1-2-6-16(7-3-1)13-22-20-24(23-14-17-8-4-10-21-12-17)18(15-26-20)19-9-5-11-25-19/h1-12,14-15H,13H2. The average Bonchev–Trinajstić information content (AvgIpc) is 3.36. The predicted molar refractivity (Wildman–Crippen MR) is 103 cm³/mol. The second kappa shape index (κ2) is 7.76. The van der Waals surface area contributed by atoms with Crippen LogP contribution in [0.25, 0.3) is 11.5 Å². The second-order valence-electron chi connectivity index (χ2n) is 5.53. The highest BCUT2D eigenvalue weighted by molar-refractivity contribution is 7.07. The van der Waals surface area contributed by atoms with Crippen LogP contribution in [0, 0.1) is 0 Å². The van der Waals surface area contributed by atoms with Crippen LogP contribution in [0.5, 0.6) is 0 Å². The minimum atomic E-state index is 0.599. The van der Waals surface area contributed by atoms with Crippen molar-refractivity contribution < 1.29 is 4.42 Å². The van der Waals surface area contributed by atoms with Crippen LogP contribution in [-0.2, 0) is 6.54 Å². The van der Waals surface area contributed by atoms with E-state index in [2.05, 4.69) is 22.2 Å². The second-order valence-corrected chi connectivity index (χ2v) is 6.36. The summed E-state index contributed by atoms with van der Waals surface area (Å²) in [7, 11) is 0. The molecule has 1 aromatic carbocycles. The summed E-state index contributed by atoms with van der Waals surface area (Å²) in [6, 6.07) is 17.8. The lowest BCUT2D eigenvalue weighted by Gasteiger charge is -2.01. The molecule has 0 aliphatic rings. The number of nitrogens with zero attached hydrogens (tertiary/aromatic N) is 4. The zero-order valence-electron chi connectivity index (χ0n) is 13.9. The molecule has 6 heteroatoms. The molecule has 0 atom stereocenters. The molecule has 0 spiro atoms. The van der Waals surface area contributed by atoms with Crippen molar-refractivity contribution in [1.29, 1.82) is 0 Å². The first-order chi connectivity index (χ1) is 12.9. The van der Waals surface area contributed by atoms with E-state index in [1.165, 1.54) is 11.3 Å². The maximum Gasteiger partial charge on any atom is 0.206 e. The lowest BCUT2D eigenvalue weighted by atomic mass is 10.2. The topological polar surface area (TPSA) is 55.7 Å². The molecule has 128 valence electrons. The predicted octanol–water partition coefficient (Wildman–Crippen LogP) is 4.19. The lowest BCUT2D eigenvalue weighted by molar-refractivity contribution is 0.575. The Hall–Kier alpha value is -3.25. The van der Waals surface area contributed by atoms with Gasteiger partial charge in [-0.25, -0.2) is 4.68 Å². The summed E-state index contributed by atoms with van der Waals surface area (Å²) in [5.41, 5.74) is 2.95. The minimum absolute atomic E-state index is 0.599. The summed E-state index contributed by atoms with van der Waals surface area (Å²) in [6.45, 7) is 0.599. The van der Waals surface area contributed by atoms with Crippen molar-refractivity contribution in [2.75, 3.05) is 0 Å². The monoisotopic (exact) mass is 360 g/mol. The molecule has 0 N–H and O–H groups in total. The molecule has 0 amide bonds. The van der Waals surface area contributed by atoms with Crippen molar-refractivity contribution in [2.45, 2.75) is 6.54 Å². The van der Waals surface area contributed by atoms with E-state index in [0.717, 1.165) is 27.4 Å². The van der Waals surface area contributed by atoms with Gasteiger partial charge in [0.25, 0.3) is 0 Å². The van der Waals surface area contributed by atoms with Crippen molar-refractivity contribution >= 4 is 17.6 Å². The van der Waals surface area contributed by atoms with Crippen LogP contribution >= 0.6 is 11.3 Å². The van der Waals surface area contributed by atoms with E-state index in [4.69, 9.17) is 9.41 Å². The van der Waals surface area contributed by atoms with E-state index >= 15 is 0 Å². The van der Waals surface area contributed by atoms with Gasteiger partial charge in [-0.15, -0.1) is 11.3 Å². The molecule has 4 aromatic rings. The number of furan rings is 1. The Morgan fingerprint density at radius 1 is 1.08 bits per heavy atom. The fraction of sp³-hybridized carbons (Fsp3) is 0.0500. The Kier molecular flexibility index (Phi) is 4.84. The van der Waals surface area contributed by atoms with Crippen molar-refractivity contribution in [2.24, 2.45) is 10.1 Å². The van der Waals surface area contributed by atoms with Crippen LogP contribution < -0.4 is 4.80 Å². The maximum absolute atomic E-state index is 5.55. The molecular formula is C20H16N4OS. The molecule has 3 aromatic heterocycles. The van der Waals surface area contributed by atoms with Crippen LogP contribution in [0.3, 0.4) is 0 Å². The van der Waals surface area contributed by atoms with Crippen LogP contribution in [-0.4, -0.2) is 15.9 Å². The molecule has 26 heavy (non-hydrogen) atoms. The van der Waals surface area contributed by atoms with Gasteiger partial charge in [0.15, 0.2) is 5.76 Å². The third-order valence-electron chi connectivity index (χ3n) is 3.71. The number of thiazole rings is 1. The molecular weight excluding hydrogens is 344 g/mol. The first kappa shape index (κ1) is 16.2. The Morgan fingerprint density at radius 3 is 2.77 bits per heavy atom. The lowest BCUT2D eigenvalue weighted by Crippen LogP contribution is -2.12. The van der Waals surface area contributed by atoms with E-state index in [0.29, 0.717) is 6.54 Å². The number of benzene rings is 1. The van der Waals surface area contributed by atoms with Crippen LogP contribution in [0.4, 0.5) is 0 Å². The Labute approximate surface area is 154 Å². The average molecular weight is 360 g/mol. The summed E-state index contributed by atoms with van der Waals surface area (Å²) < 4.78 is 7.35.